The third kappa shape index (κ3) is 2.94. The van der Waals surface area contributed by atoms with Gasteiger partial charge in [0.25, 0.3) is 10.2 Å². The zero-order valence-corrected chi connectivity index (χ0v) is 14.0. The lowest BCUT2D eigenvalue weighted by atomic mass is 9.74. The highest BCUT2D eigenvalue weighted by Crippen LogP contribution is 2.43. The number of rotatable bonds is 4. The van der Waals surface area contributed by atoms with Crippen LogP contribution in [0.4, 0.5) is 0 Å². The lowest BCUT2D eigenvalue weighted by Crippen LogP contribution is -2.53. The fraction of sp³-hybridized carbons (Fsp3) is 0.923. The van der Waals surface area contributed by atoms with Crippen LogP contribution in [0.2, 0.25) is 0 Å². The number of likely N-dealkylation sites (tertiary alicyclic amines) is 1. The first-order valence-corrected chi connectivity index (χ1v) is 8.55. The van der Waals surface area contributed by atoms with Crippen molar-refractivity contribution < 1.29 is 17.9 Å². The second-order valence-electron chi connectivity index (χ2n) is 6.29. The van der Waals surface area contributed by atoms with E-state index in [0.29, 0.717) is 32.8 Å². The molecule has 1 amide bonds. The van der Waals surface area contributed by atoms with E-state index >= 15 is 0 Å². The fourth-order valence-corrected chi connectivity index (χ4v) is 4.61. The maximum absolute atomic E-state index is 12.3. The van der Waals surface area contributed by atoms with Crippen LogP contribution in [0.5, 0.6) is 0 Å². The summed E-state index contributed by atoms with van der Waals surface area (Å²) < 4.78 is 32.7. The van der Waals surface area contributed by atoms with Crippen molar-refractivity contribution in [2.24, 2.45) is 11.3 Å². The van der Waals surface area contributed by atoms with Crippen molar-refractivity contribution in [1.29, 1.82) is 0 Å². The Bertz CT molecular complexity index is 508. The standard InChI is InChI=1S/C13H25N3O4S/c1-11(17)15-7-12-8-16(21(18,19)14(2)3)6-5-13(12,9-15)10-20-4/h12H,5-10H2,1-4H3/t12-,13-/m0/s1. The Morgan fingerprint density at radius 1 is 1.38 bits per heavy atom. The third-order valence-corrected chi connectivity index (χ3v) is 6.67. The number of hydrogen-bond acceptors (Lipinski definition) is 4. The molecule has 2 rings (SSSR count). The molecule has 0 saturated carbocycles. The molecule has 2 atom stereocenters. The number of piperidine rings is 1. The van der Waals surface area contributed by atoms with Crippen molar-refractivity contribution in [2.45, 2.75) is 13.3 Å². The smallest absolute Gasteiger partial charge is 0.281 e. The first-order chi connectivity index (χ1) is 9.73. The Labute approximate surface area is 127 Å². The van der Waals surface area contributed by atoms with E-state index in [1.165, 1.54) is 8.61 Å². The van der Waals surface area contributed by atoms with Gasteiger partial charge in [-0.25, -0.2) is 0 Å². The third-order valence-electron chi connectivity index (χ3n) is 4.76. The molecular weight excluding hydrogens is 294 g/mol. The molecule has 2 heterocycles. The van der Waals surface area contributed by atoms with Crippen molar-refractivity contribution in [3.63, 3.8) is 0 Å². The summed E-state index contributed by atoms with van der Waals surface area (Å²) in [7, 11) is 1.35. The number of hydrogen-bond donors (Lipinski definition) is 0. The average molecular weight is 319 g/mol. The van der Waals surface area contributed by atoms with Gasteiger partial charge in [-0.15, -0.1) is 0 Å². The van der Waals surface area contributed by atoms with E-state index in [0.717, 1.165) is 6.42 Å². The Kier molecular flexibility index (Phi) is 4.63. The Balaban J connectivity index is 2.21. The molecule has 2 fully saturated rings. The molecule has 2 aliphatic heterocycles. The van der Waals surface area contributed by atoms with Gasteiger partial charge >= 0.3 is 0 Å². The van der Waals surface area contributed by atoms with Crippen LogP contribution in [0, 0.1) is 11.3 Å². The van der Waals surface area contributed by atoms with Gasteiger partial charge in [0.15, 0.2) is 0 Å². The van der Waals surface area contributed by atoms with Crippen LogP contribution in [-0.4, -0.2) is 81.8 Å². The second kappa shape index (κ2) is 5.83. The largest absolute Gasteiger partial charge is 0.384 e. The molecule has 122 valence electrons. The molecule has 0 aromatic rings. The van der Waals surface area contributed by atoms with E-state index in [1.54, 1.807) is 28.1 Å². The van der Waals surface area contributed by atoms with E-state index in [-0.39, 0.29) is 17.2 Å². The van der Waals surface area contributed by atoms with Crippen LogP contribution in [-0.2, 0) is 19.7 Å². The van der Waals surface area contributed by atoms with Crippen LogP contribution < -0.4 is 0 Å². The molecule has 0 N–H and O–H groups in total. The highest BCUT2D eigenvalue weighted by atomic mass is 32.2. The van der Waals surface area contributed by atoms with Gasteiger partial charge < -0.3 is 9.64 Å². The van der Waals surface area contributed by atoms with Gasteiger partial charge in [-0.2, -0.15) is 17.0 Å². The van der Waals surface area contributed by atoms with Crippen LogP contribution in [0.1, 0.15) is 13.3 Å². The topological polar surface area (TPSA) is 70.2 Å². The number of carbonyl (C=O) groups is 1. The van der Waals surface area contributed by atoms with Crippen LogP contribution in [0.15, 0.2) is 0 Å². The van der Waals surface area contributed by atoms with Crippen molar-refractivity contribution in [3.8, 4) is 0 Å². The number of fused-ring (bicyclic) bond motifs is 1. The molecule has 0 unspecified atom stereocenters. The summed E-state index contributed by atoms with van der Waals surface area (Å²) in [6.07, 6.45) is 0.725. The average Bonchev–Trinajstić information content (AvgIpc) is 2.77. The summed E-state index contributed by atoms with van der Waals surface area (Å²) >= 11 is 0. The Morgan fingerprint density at radius 2 is 2.05 bits per heavy atom. The van der Waals surface area contributed by atoms with Gasteiger partial charge in [-0.05, 0) is 12.3 Å². The first-order valence-electron chi connectivity index (χ1n) is 7.15. The van der Waals surface area contributed by atoms with E-state index < -0.39 is 10.2 Å². The number of ether oxygens (including phenoxy) is 1. The quantitative estimate of drug-likeness (QED) is 0.708. The first kappa shape index (κ1) is 16.7. The summed E-state index contributed by atoms with van der Waals surface area (Å²) in [5, 5.41) is 0. The normalized spacial score (nSPS) is 30.7. The summed E-state index contributed by atoms with van der Waals surface area (Å²) in [6.45, 7) is 4.33. The van der Waals surface area contributed by atoms with Crippen LogP contribution in [0.3, 0.4) is 0 Å². The SMILES string of the molecule is COC[C@@]12CCN(S(=O)(=O)N(C)C)C[C@@H]1CN(C(C)=O)C2. The molecule has 0 spiro atoms. The molecule has 0 aliphatic carbocycles. The molecule has 21 heavy (non-hydrogen) atoms. The predicted molar refractivity (Wildman–Crippen MR) is 78.8 cm³/mol. The minimum atomic E-state index is -3.40. The molecule has 7 nitrogen and oxygen atoms in total. The molecule has 8 heteroatoms. The Hall–Kier alpha value is -0.700. The summed E-state index contributed by atoms with van der Waals surface area (Å²) in [6, 6.07) is 0. The summed E-state index contributed by atoms with van der Waals surface area (Å²) in [4.78, 5) is 13.5. The van der Waals surface area contributed by atoms with E-state index in [4.69, 9.17) is 4.74 Å². The fourth-order valence-electron chi connectivity index (χ4n) is 3.46. The van der Waals surface area contributed by atoms with Gasteiger partial charge in [0.1, 0.15) is 0 Å². The molecule has 2 saturated heterocycles. The van der Waals surface area contributed by atoms with E-state index in [9.17, 15) is 13.2 Å². The van der Waals surface area contributed by atoms with Crippen molar-refractivity contribution in [3.05, 3.63) is 0 Å². The zero-order chi connectivity index (χ0) is 15.8. The lowest BCUT2D eigenvalue weighted by molar-refractivity contribution is -0.128. The van der Waals surface area contributed by atoms with Gasteiger partial charge in [-0.3, -0.25) is 4.79 Å². The van der Waals surface area contributed by atoms with Crippen molar-refractivity contribution >= 4 is 16.1 Å². The summed E-state index contributed by atoms with van der Waals surface area (Å²) in [5.74, 6) is 0.173. The lowest BCUT2D eigenvalue weighted by Gasteiger charge is -2.42. The highest BCUT2D eigenvalue weighted by molar-refractivity contribution is 7.86. The zero-order valence-electron chi connectivity index (χ0n) is 13.2. The van der Waals surface area contributed by atoms with Crippen LogP contribution in [0.25, 0.3) is 0 Å². The molecule has 0 aromatic carbocycles. The van der Waals surface area contributed by atoms with Crippen molar-refractivity contribution in [2.75, 3.05) is 54.0 Å². The van der Waals surface area contributed by atoms with Crippen LogP contribution >= 0.6 is 0 Å². The molecule has 2 aliphatic rings. The number of carbonyl (C=O) groups excluding carboxylic acids is 1. The minimum Gasteiger partial charge on any atom is -0.384 e. The molecule has 0 radical (unpaired) electrons. The summed E-state index contributed by atoms with van der Waals surface area (Å²) in [5.41, 5.74) is -0.112. The second-order valence-corrected chi connectivity index (χ2v) is 8.43. The maximum Gasteiger partial charge on any atom is 0.281 e. The van der Waals surface area contributed by atoms with E-state index in [1.807, 2.05) is 4.90 Å². The monoisotopic (exact) mass is 319 g/mol. The van der Waals surface area contributed by atoms with Gasteiger partial charge in [-0.1, -0.05) is 0 Å². The van der Waals surface area contributed by atoms with Gasteiger partial charge in [0.05, 0.1) is 6.61 Å². The Morgan fingerprint density at radius 3 is 2.57 bits per heavy atom. The van der Waals surface area contributed by atoms with E-state index in [2.05, 4.69) is 0 Å². The predicted octanol–water partition coefficient (Wildman–Crippen LogP) is -0.390. The number of amides is 1. The molecule has 0 bridgehead atoms. The molecule has 0 aromatic heterocycles. The highest BCUT2D eigenvalue weighted by Gasteiger charge is 2.51. The number of methoxy groups -OCH3 is 1. The van der Waals surface area contributed by atoms with Crippen molar-refractivity contribution in [1.82, 2.24) is 13.5 Å². The maximum atomic E-state index is 12.3. The molecular formula is C13H25N3O4S. The van der Waals surface area contributed by atoms with Gasteiger partial charge in [0, 0.05) is 59.7 Å². The van der Waals surface area contributed by atoms with Gasteiger partial charge in [0.2, 0.25) is 5.91 Å². The minimum absolute atomic E-state index is 0.0434. The number of nitrogens with zero attached hydrogens (tertiary/aromatic N) is 3.